The van der Waals surface area contributed by atoms with Crippen molar-refractivity contribution in [3.63, 3.8) is 0 Å². The van der Waals surface area contributed by atoms with Crippen molar-refractivity contribution in [3.8, 4) is 0 Å². The van der Waals surface area contributed by atoms with Crippen LogP contribution in [0.25, 0.3) is 0 Å². The first kappa shape index (κ1) is 13.9. The molecule has 1 aromatic rings. The van der Waals surface area contributed by atoms with Crippen LogP contribution in [0, 0.1) is 17.5 Å². The summed E-state index contributed by atoms with van der Waals surface area (Å²) in [6.45, 7) is 0.153. The third kappa shape index (κ3) is 2.16. The maximum absolute atomic E-state index is 13.8. The number of fused-ring (bicyclic) bond motifs is 1. The van der Waals surface area contributed by atoms with E-state index in [0.29, 0.717) is 13.0 Å². The van der Waals surface area contributed by atoms with E-state index in [-0.39, 0.29) is 12.5 Å². The van der Waals surface area contributed by atoms with Crippen LogP contribution in [0.15, 0.2) is 12.1 Å². The van der Waals surface area contributed by atoms with E-state index in [1.54, 1.807) is 0 Å². The van der Waals surface area contributed by atoms with E-state index in [4.69, 9.17) is 0 Å². The molecule has 4 nitrogen and oxygen atoms in total. The minimum atomic E-state index is -1.64. The number of hydrogen-bond acceptors (Lipinski definition) is 2. The maximum Gasteiger partial charge on any atom is 0.250 e. The fourth-order valence-corrected chi connectivity index (χ4v) is 2.90. The first-order valence-electron chi connectivity index (χ1n) is 6.75. The Balaban J connectivity index is 1.98. The van der Waals surface area contributed by atoms with Gasteiger partial charge in [-0.05, 0) is 31.4 Å². The molecule has 2 aliphatic rings. The normalized spacial score (nSPS) is 22.5. The van der Waals surface area contributed by atoms with Crippen LogP contribution in [-0.4, -0.2) is 35.8 Å². The summed E-state index contributed by atoms with van der Waals surface area (Å²) in [5.74, 6) is -5.16. The zero-order valence-electron chi connectivity index (χ0n) is 11.1. The predicted octanol–water partition coefficient (Wildman–Crippen LogP) is 1.83. The highest BCUT2D eigenvalue weighted by Gasteiger charge is 2.41. The SMILES string of the molecule is O=C1C2CCCCN2C(=O)CN1c1ccc(F)c(F)c1F. The lowest BCUT2D eigenvalue weighted by molar-refractivity contribution is -0.144. The summed E-state index contributed by atoms with van der Waals surface area (Å²) in [5, 5.41) is 0. The van der Waals surface area contributed by atoms with Crippen LogP contribution in [0.2, 0.25) is 0 Å². The van der Waals surface area contributed by atoms with Gasteiger partial charge in [0.25, 0.3) is 0 Å². The molecule has 0 aliphatic carbocycles. The molecule has 2 amide bonds. The molecule has 0 bridgehead atoms. The minimum Gasteiger partial charge on any atom is -0.329 e. The molecule has 7 heteroatoms. The number of carbonyl (C=O) groups excluding carboxylic acids is 2. The molecule has 0 N–H and O–H groups in total. The predicted molar refractivity (Wildman–Crippen MR) is 68.0 cm³/mol. The molecule has 21 heavy (non-hydrogen) atoms. The lowest BCUT2D eigenvalue weighted by Crippen LogP contribution is -2.61. The Kier molecular flexibility index (Phi) is 3.35. The second kappa shape index (κ2) is 5.05. The number of anilines is 1. The largest absolute Gasteiger partial charge is 0.329 e. The van der Waals surface area contributed by atoms with Crippen molar-refractivity contribution in [2.45, 2.75) is 25.3 Å². The van der Waals surface area contributed by atoms with E-state index >= 15 is 0 Å². The Morgan fingerprint density at radius 1 is 1.05 bits per heavy atom. The van der Waals surface area contributed by atoms with E-state index in [2.05, 4.69) is 0 Å². The molecule has 112 valence electrons. The second-order valence-electron chi connectivity index (χ2n) is 5.22. The number of hydrogen-bond donors (Lipinski definition) is 0. The number of carbonyl (C=O) groups is 2. The number of nitrogens with zero attached hydrogens (tertiary/aromatic N) is 2. The van der Waals surface area contributed by atoms with Crippen LogP contribution >= 0.6 is 0 Å². The third-order valence-corrected chi connectivity index (χ3v) is 3.97. The Morgan fingerprint density at radius 3 is 2.57 bits per heavy atom. The Labute approximate surface area is 119 Å². The van der Waals surface area contributed by atoms with Gasteiger partial charge in [-0.3, -0.25) is 14.5 Å². The lowest BCUT2D eigenvalue weighted by Gasteiger charge is -2.42. The molecule has 1 aromatic carbocycles. The van der Waals surface area contributed by atoms with Crippen LogP contribution < -0.4 is 4.90 Å². The number of halogens is 3. The van der Waals surface area contributed by atoms with Crippen molar-refractivity contribution in [3.05, 3.63) is 29.6 Å². The summed E-state index contributed by atoms with van der Waals surface area (Å²) in [6.07, 6.45) is 2.13. The summed E-state index contributed by atoms with van der Waals surface area (Å²) in [7, 11) is 0. The zero-order valence-corrected chi connectivity index (χ0v) is 11.1. The van der Waals surface area contributed by atoms with E-state index in [1.807, 2.05) is 0 Å². The highest BCUT2D eigenvalue weighted by atomic mass is 19.2. The molecule has 0 spiro atoms. The molecule has 2 fully saturated rings. The molecule has 0 aromatic heterocycles. The van der Waals surface area contributed by atoms with E-state index in [9.17, 15) is 22.8 Å². The summed E-state index contributed by atoms with van der Waals surface area (Å²) in [5.41, 5.74) is -0.391. The van der Waals surface area contributed by atoms with Crippen LogP contribution in [0.3, 0.4) is 0 Å². The van der Waals surface area contributed by atoms with E-state index in [0.717, 1.165) is 29.9 Å². The molecule has 2 saturated heterocycles. The first-order valence-corrected chi connectivity index (χ1v) is 6.75. The minimum absolute atomic E-state index is 0.302. The van der Waals surface area contributed by atoms with Gasteiger partial charge in [0, 0.05) is 6.54 Å². The molecule has 0 saturated carbocycles. The standard InChI is InChI=1S/C14H13F3N2O2/c15-8-4-5-9(13(17)12(8)16)19-7-11(20)18-6-2-1-3-10(18)14(19)21/h4-5,10H,1-3,6-7H2. The summed E-state index contributed by atoms with van der Waals surface area (Å²) in [4.78, 5) is 26.9. The van der Waals surface area contributed by atoms with Gasteiger partial charge in [-0.2, -0.15) is 0 Å². The number of benzene rings is 1. The second-order valence-corrected chi connectivity index (χ2v) is 5.22. The highest BCUT2D eigenvalue weighted by molar-refractivity contribution is 6.06. The molecular weight excluding hydrogens is 285 g/mol. The van der Waals surface area contributed by atoms with Crippen LogP contribution in [-0.2, 0) is 9.59 Å². The lowest BCUT2D eigenvalue weighted by atomic mass is 9.98. The number of piperidine rings is 1. The topological polar surface area (TPSA) is 40.6 Å². The van der Waals surface area contributed by atoms with Gasteiger partial charge in [-0.15, -0.1) is 0 Å². The van der Waals surface area contributed by atoms with Gasteiger partial charge >= 0.3 is 0 Å². The third-order valence-electron chi connectivity index (χ3n) is 3.97. The summed E-state index contributed by atoms with van der Waals surface area (Å²) < 4.78 is 40.1. The summed E-state index contributed by atoms with van der Waals surface area (Å²) in [6, 6.07) is 1.10. The average molecular weight is 298 g/mol. The van der Waals surface area contributed by atoms with Gasteiger partial charge in [-0.1, -0.05) is 0 Å². The monoisotopic (exact) mass is 298 g/mol. The van der Waals surface area contributed by atoms with Gasteiger partial charge in [-0.25, -0.2) is 13.2 Å². The van der Waals surface area contributed by atoms with Crippen LogP contribution in [0.4, 0.5) is 18.9 Å². The Morgan fingerprint density at radius 2 is 1.81 bits per heavy atom. The molecule has 2 aliphatic heterocycles. The quantitative estimate of drug-likeness (QED) is 0.742. The van der Waals surface area contributed by atoms with Crippen LogP contribution in [0.5, 0.6) is 0 Å². The van der Waals surface area contributed by atoms with Gasteiger partial charge in [0.2, 0.25) is 11.8 Å². The number of piperazine rings is 1. The average Bonchev–Trinajstić information content (AvgIpc) is 2.49. The molecule has 1 atom stereocenters. The zero-order chi connectivity index (χ0) is 15.1. The molecular formula is C14H13F3N2O2. The van der Waals surface area contributed by atoms with Crippen molar-refractivity contribution >= 4 is 17.5 Å². The Hall–Kier alpha value is -2.05. The van der Waals surface area contributed by atoms with Crippen molar-refractivity contribution in [2.75, 3.05) is 18.0 Å². The number of amides is 2. The Bertz CT molecular complexity index is 620. The van der Waals surface area contributed by atoms with Crippen molar-refractivity contribution in [2.24, 2.45) is 0 Å². The highest BCUT2D eigenvalue weighted by Crippen LogP contribution is 2.29. The summed E-state index contributed by atoms with van der Waals surface area (Å²) >= 11 is 0. The van der Waals surface area contributed by atoms with Crippen molar-refractivity contribution in [1.29, 1.82) is 0 Å². The molecule has 1 unspecified atom stereocenters. The van der Waals surface area contributed by atoms with E-state index in [1.165, 1.54) is 4.90 Å². The fourth-order valence-electron chi connectivity index (χ4n) is 2.90. The first-order chi connectivity index (χ1) is 10.0. The fraction of sp³-hybridized carbons (Fsp3) is 0.429. The van der Waals surface area contributed by atoms with Crippen LogP contribution in [0.1, 0.15) is 19.3 Å². The molecule has 2 heterocycles. The smallest absolute Gasteiger partial charge is 0.250 e. The maximum atomic E-state index is 13.8. The molecule has 3 rings (SSSR count). The molecule has 0 radical (unpaired) electrons. The van der Waals surface area contributed by atoms with Gasteiger partial charge in [0.15, 0.2) is 17.5 Å². The van der Waals surface area contributed by atoms with E-state index < -0.39 is 35.1 Å². The van der Waals surface area contributed by atoms with Gasteiger partial charge in [0.1, 0.15) is 12.6 Å². The van der Waals surface area contributed by atoms with Crippen molar-refractivity contribution in [1.82, 2.24) is 4.90 Å². The van der Waals surface area contributed by atoms with Gasteiger partial charge < -0.3 is 4.90 Å². The van der Waals surface area contributed by atoms with Crippen molar-refractivity contribution < 1.29 is 22.8 Å². The number of rotatable bonds is 1. The van der Waals surface area contributed by atoms with Gasteiger partial charge in [0.05, 0.1) is 5.69 Å².